The van der Waals surface area contributed by atoms with Crippen molar-refractivity contribution in [2.24, 2.45) is 5.92 Å². The molecule has 2 rings (SSSR count). The van der Waals surface area contributed by atoms with E-state index in [4.69, 9.17) is 0 Å². The van der Waals surface area contributed by atoms with Crippen molar-refractivity contribution in [1.82, 2.24) is 10.6 Å². The standard InChI is InChI=1S/C11H16N2OS.ClH/c1-8(5-10-3-2-4-15-10)13-11(14)9-6-12-7-9;/h2-4,8-9,12H,5-7H2,1H3,(H,13,14);1H. The monoisotopic (exact) mass is 260 g/mol. The van der Waals surface area contributed by atoms with Crippen LogP contribution in [-0.4, -0.2) is 25.0 Å². The number of thiophene rings is 1. The summed E-state index contributed by atoms with van der Waals surface area (Å²) in [7, 11) is 0. The van der Waals surface area contributed by atoms with Crippen LogP contribution >= 0.6 is 23.7 Å². The predicted octanol–water partition coefficient (Wildman–Crippen LogP) is 1.44. The highest BCUT2D eigenvalue weighted by atomic mass is 35.5. The highest BCUT2D eigenvalue weighted by Crippen LogP contribution is 2.11. The highest BCUT2D eigenvalue weighted by Gasteiger charge is 2.25. The third kappa shape index (κ3) is 3.47. The Hall–Kier alpha value is -0.580. The summed E-state index contributed by atoms with van der Waals surface area (Å²) in [6.45, 7) is 3.72. The van der Waals surface area contributed by atoms with Crippen LogP contribution in [0.5, 0.6) is 0 Å². The Morgan fingerprint density at radius 3 is 2.94 bits per heavy atom. The largest absolute Gasteiger partial charge is 0.353 e. The van der Waals surface area contributed by atoms with E-state index in [1.165, 1.54) is 4.88 Å². The topological polar surface area (TPSA) is 41.1 Å². The zero-order valence-electron chi connectivity index (χ0n) is 9.23. The van der Waals surface area contributed by atoms with Gasteiger partial charge in [0.05, 0.1) is 5.92 Å². The number of carbonyl (C=O) groups excluding carboxylic acids is 1. The molecule has 1 atom stereocenters. The average Bonchev–Trinajstić information content (AvgIpc) is 2.52. The number of rotatable bonds is 4. The second-order valence-corrected chi connectivity index (χ2v) is 5.08. The normalized spacial score (nSPS) is 17.1. The van der Waals surface area contributed by atoms with Crippen molar-refractivity contribution in [3.63, 3.8) is 0 Å². The van der Waals surface area contributed by atoms with E-state index >= 15 is 0 Å². The Labute approximate surface area is 106 Å². The molecule has 1 aliphatic heterocycles. The van der Waals surface area contributed by atoms with Crippen LogP contribution in [0.1, 0.15) is 11.8 Å². The zero-order chi connectivity index (χ0) is 10.7. The van der Waals surface area contributed by atoms with Crippen LogP contribution < -0.4 is 10.6 Å². The van der Waals surface area contributed by atoms with Crippen LogP contribution in [0, 0.1) is 5.92 Å². The van der Waals surface area contributed by atoms with E-state index in [-0.39, 0.29) is 30.3 Å². The maximum atomic E-state index is 11.6. The average molecular weight is 261 g/mol. The van der Waals surface area contributed by atoms with Gasteiger partial charge < -0.3 is 10.6 Å². The number of hydrogen-bond acceptors (Lipinski definition) is 3. The van der Waals surface area contributed by atoms with Gasteiger partial charge in [0, 0.05) is 30.4 Å². The van der Waals surface area contributed by atoms with Crippen LogP contribution in [0.15, 0.2) is 17.5 Å². The van der Waals surface area contributed by atoms with E-state index in [1.807, 2.05) is 6.07 Å². The van der Waals surface area contributed by atoms with Gasteiger partial charge in [-0.3, -0.25) is 4.79 Å². The maximum absolute atomic E-state index is 11.6. The fraction of sp³-hybridized carbons (Fsp3) is 0.545. The second kappa shape index (κ2) is 6.23. The Bertz CT molecular complexity index is 325. The van der Waals surface area contributed by atoms with Gasteiger partial charge in [-0.1, -0.05) is 6.07 Å². The van der Waals surface area contributed by atoms with Gasteiger partial charge in [0.15, 0.2) is 0 Å². The van der Waals surface area contributed by atoms with E-state index in [9.17, 15) is 4.79 Å². The lowest BCUT2D eigenvalue weighted by Gasteiger charge is -2.27. The SMILES string of the molecule is CC(Cc1cccs1)NC(=O)C1CNC1.Cl. The van der Waals surface area contributed by atoms with Gasteiger partial charge in [-0.2, -0.15) is 0 Å². The molecule has 5 heteroatoms. The van der Waals surface area contributed by atoms with Gasteiger partial charge in [0.1, 0.15) is 0 Å². The van der Waals surface area contributed by atoms with E-state index < -0.39 is 0 Å². The first kappa shape index (κ1) is 13.5. The third-order valence-electron chi connectivity index (χ3n) is 2.63. The third-order valence-corrected chi connectivity index (χ3v) is 3.53. The molecule has 1 amide bonds. The summed E-state index contributed by atoms with van der Waals surface area (Å²) in [6.07, 6.45) is 0.934. The van der Waals surface area contributed by atoms with Crippen molar-refractivity contribution in [1.29, 1.82) is 0 Å². The van der Waals surface area contributed by atoms with Crippen LogP contribution in [0.2, 0.25) is 0 Å². The molecule has 0 spiro atoms. The minimum absolute atomic E-state index is 0. The van der Waals surface area contributed by atoms with Crippen molar-refractivity contribution in [3.05, 3.63) is 22.4 Å². The molecule has 1 aliphatic rings. The van der Waals surface area contributed by atoms with E-state index in [1.54, 1.807) is 11.3 Å². The number of carbonyl (C=O) groups is 1. The summed E-state index contributed by atoms with van der Waals surface area (Å²) in [5.41, 5.74) is 0. The molecule has 1 aromatic heterocycles. The van der Waals surface area contributed by atoms with Gasteiger partial charge >= 0.3 is 0 Å². The van der Waals surface area contributed by atoms with Gasteiger partial charge in [0.25, 0.3) is 0 Å². The molecule has 3 nitrogen and oxygen atoms in total. The molecule has 90 valence electrons. The van der Waals surface area contributed by atoms with Crippen molar-refractivity contribution < 1.29 is 4.79 Å². The molecule has 0 bridgehead atoms. The molecule has 0 radical (unpaired) electrons. The minimum Gasteiger partial charge on any atom is -0.353 e. The van der Waals surface area contributed by atoms with Crippen molar-refractivity contribution >= 4 is 29.7 Å². The summed E-state index contributed by atoms with van der Waals surface area (Å²) in [5.74, 6) is 0.383. The van der Waals surface area contributed by atoms with Crippen LogP contribution in [0.25, 0.3) is 0 Å². The molecular formula is C11H17ClN2OS. The molecule has 1 aromatic rings. The number of nitrogens with one attached hydrogen (secondary N) is 2. The molecule has 2 N–H and O–H groups in total. The van der Waals surface area contributed by atoms with E-state index in [0.29, 0.717) is 0 Å². The molecule has 1 unspecified atom stereocenters. The minimum atomic E-state index is 0. The molecule has 16 heavy (non-hydrogen) atoms. The quantitative estimate of drug-likeness (QED) is 0.860. The van der Waals surface area contributed by atoms with Crippen molar-refractivity contribution in [2.45, 2.75) is 19.4 Å². The molecule has 1 saturated heterocycles. The van der Waals surface area contributed by atoms with Crippen LogP contribution in [0.4, 0.5) is 0 Å². The van der Waals surface area contributed by atoms with Crippen LogP contribution in [-0.2, 0) is 11.2 Å². The first-order valence-electron chi connectivity index (χ1n) is 5.29. The second-order valence-electron chi connectivity index (χ2n) is 4.05. The van der Waals surface area contributed by atoms with Crippen molar-refractivity contribution in [2.75, 3.05) is 13.1 Å². The lowest BCUT2D eigenvalue weighted by atomic mass is 10.0. The molecule has 2 heterocycles. The predicted molar refractivity (Wildman–Crippen MR) is 69.2 cm³/mol. The lowest BCUT2D eigenvalue weighted by Crippen LogP contribution is -2.52. The molecular weight excluding hydrogens is 244 g/mol. The smallest absolute Gasteiger partial charge is 0.225 e. The Kier molecular flexibility index (Phi) is 5.25. The van der Waals surface area contributed by atoms with Gasteiger partial charge in [-0.15, -0.1) is 23.7 Å². The summed E-state index contributed by atoms with van der Waals surface area (Å²) in [5, 5.41) is 8.22. The highest BCUT2D eigenvalue weighted by molar-refractivity contribution is 7.09. The van der Waals surface area contributed by atoms with Crippen LogP contribution in [0.3, 0.4) is 0 Å². The zero-order valence-corrected chi connectivity index (χ0v) is 10.9. The number of halogens is 1. The fourth-order valence-corrected chi connectivity index (χ4v) is 2.45. The number of hydrogen-bond donors (Lipinski definition) is 2. The number of amides is 1. The summed E-state index contributed by atoms with van der Waals surface area (Å²) in [6, 6.07) is 4.39. The van der Waals surface area contributed by atoms with E-state index in [0.717, 1.165) is 19.5 Å². The van der Waals surface area contributed by atoms with Gasteiger partial charge in [-0.25, -0.2) is 0 Å². The van der Waals surface area contributed by atoms with Gasteiger partial charge in [-0.05, 0) is 18.4 Å². The Balaban J connectivity index is 0.00000128. The lowest BCUT2D eigenvalue weighted by molar-refractivity contribution is -0.127. The molecule has 0 aromatic carbocycles. The summed E-state index contributed by atoms with van der Waals surface area (Å²) >= 11 is 1.74. The summed E-state index contributed by atoms with van der Waals surface area (Å²) in [4.78, 5) is 12.9. The van der Waals surface area contributed by atoms with Gasteiger partial charge in [0.2, 0.25) is 5.91 Å². The first-order chi connectivity index (χ1) is 7.25. The summed E-state index contributed by atoms with van der Waals surface area (Å²) < 4.78 is 0. The first-order valence-corrected chi connectivity index (χ1v) is 6.17. The molecule has 0 saturated carbocycles. The van der Waals surface area contributed by atoms with E-state index in [2.05, 4.69) is 29.0 Å². The molecule has 1 fully saturated rings. The Morgan fingerprint density at radius 1 is 1.69 bits per heavy atom. The Morgan fingerprint density at radius 2 is 2.44 bits per heavy atom. The maximum Gasteiger partial charge on any atom is 0.225 e. The molecule has 0 aliphatic carbocycles. The fourth-order valence-electron chi connectivity index (χ4n) is 1.62. The van der Waals surface area contributed by atoms with Crippen molar-refractivity contribution in [3.8, 4) is 0 Å².